The molecule has 7 heteroatoms. The zero-order valence-electron chi connectivity index (χ0n) is 11.8. The van der Waals surface area contributed by atoms with Crippen LogP contribution in [-0.2, 0) is 10.0 Å². The van der Waals surface area contributed by atoms with Crippen molar-refractivity contribution in [2.45, 2.75) is 4.90 Å². The van der Waals surface area contributed by atoms with Crippen LogP contribution in [0.25, 0.3) is 0 Å². The summed E-state index contributed by atoms with van der Waals surface area (Å²) in [5.74, 6) is 0.261. The molecule has 0 aliphatic rings. The standard InChI is InChI=1S/C12H21N3O3S/c1-14(2)7-8-15(3)19(16,17)12-6-5-10(13)9-11(12)18-4/h5-6,9H,7-8,13H2,1-4H3. The van der Waals surface area contributed by atoms with Gasteiger partial charge in [0.15, 0.2) is 0 Å². The number of hydrogen-bond donors (Lipinski definition) is 1. The van der Waals surface area contributed by atoms with Crippen LogP contribution in [0.2, 0.25) is 0 Å². The van der Waals surface area contributed by atoms with Gasteiger partial charge in [0.05, 0.1) is 7.11 Å². The van der Waals surface area contributed by atoms with Gasteiger partial charge >= 0.3 is 0 Å². The normalized spacial score (nSPS) is 12.1. The van der Waals surface area contributed by atoms with Gasteiger partial charge < -0.3 is 15.4 Å². The van der Waals surface area contributed by atoms with Crippen LogP contribution in [0.4, 0.5) is 5.69 Å². The highest BCUT2D eigenvalue weighted by Crippen LogP contribution is 2.28. The molecule has 1 rings (SSSR count). The quantitative estimate of drug-likeness (QED) is 0.769. The Bertz CT molecular complexity index is 529. The highest BCUT2D eigenvalue weighted by Gasteiger charge is 2.24. The number of hydrogen-bond acceptors (Lipinski definition) is 5. The van der Waals surface area contributed by atoms with Crippen molar-refractivity contribution >= 4 is 15.7 Å². The van der Waals surface area contributed by atoms with Crippen LogP contribution in [0.1, 0.15) is 0 Å². The summed E-state index contributed by atoms with van der Waals surface area (Å²) in [6, 6.07) is 4.53. The van der Waals surface area contributed by atoms with E-state index in [1.807, 2.05) is 19.0 Å². The summed E-state index contributed by atoms with van der Waals surface area (Å²) in [6.07, 6.45) is 0. The van der Waals surface area contributed by atoms with Crippen molar-refractivity contribution in [3.63, 3.8) is 0 Å². The fraction of sp³-hybridized carbons (Fsp3) is 0.500. The first-order valence-electron chi connectivity index (χ1n) is 5.83. The summed E-state index contributed by atoms with van der Waals surface area (Å²) < 4.78 is 31.2. The summed E-state index contributed by atoms with van der Waals surface area (Å²) in [5, 5.41) is 0. The lowest BCUT2D eigenvalue weighted by Gasteiger charge is -2.20. The van der Waals surface area contributed by atoms with Crippen molar-refractivity contribution in [1.29, 1.82) is 0 Å². The number of nitrogen functional groups attached to an aromatic ring is 1. The van der Waals surface area contributed by atoms with Gasteiger partial charge in [0.2, 0.25) is 10.0 Å². The number of nitrogens with two attached hydrogens (primary N) is 1. The zero-order valence-corrected chi connectivity index (χ0v) is 12.6. The Morgan fingerprint density at radius 3 is 2.37 bits per heavy atom. The smallest absolute Gasteiger partial charge is 0.246 e. The van der Waals surface area contributed by atoms with Crippen LogP contribution in [0.15, 0.2) is 23.1 Å². The van der Waals surface area contributed by atoms with E-state index < -0.39 is 10.0 Å². The van der Waals surface area contributed by atoms with Gasteiger partial charge in [-0.3, -0.25) is 0 Å². The van der Waals surface area contributed by atoms with Crippen LogP contribution >= 0.6 is 0 Å². The molecule has 0 unspecified atom stereocenters. The van der Waals surface area contributed by atoms with Gasteiger partial charge in [0.1, 0.15) is 10.6 Å². The molecule has 2 N–H and O–H groups in total. The van der Waals surface area contributed by atoms with Crippen molar-refractivity contribution < 1.29 is 13.2 Å². The molecule has 1 aromatic carbocycles. The Balaban J connectivity index is 3.06. The topological polar surface area (TPSA) is 75.9 Å². The van der Waals surface area contributed by atoms with Gasteiger partial charge in [0, 0.05) is 31.9 Å². The molecule has 0 radical (unpaired) electrons. The van der Waals surface area contributed by atoms with E-state index in [1.165, 1.54) is 23.5 Å². The Hall–Kier alpha value is -1.31. The number of anilines is 1. The molecular weight excluding hydrogens is 266 g/mol. The van der Waals surface area contributed by atoms with E-state index in [0.717, 1.165) is 0 Å². The van der Waals surface area contributed by atoms with E-state index in [0.29, 0.717) is 18.8 Å². The maximum Gasteiger partial charge on any atom is 0.246 e. The van der Waals surface area contributed by atoms with Crippen molar-refractivity contribution in [2.24, 2.45) is 0 Å². The minimum absolute atomic E-state index is 0.130. The van der Waals surface area contributed by atoms with Crippen LogP contribution in [0.3, 0.4) is 0 Å². The molecule has 0 amide bonds. The third-order valence-electron chi connectivity index (χ3n) is 2.74. The van der Waals surface area contributed by atoms with Crippen molar-refractivity contribution in [2.75, 3.05) is 47.1 Å². The molecule has 0 heterocycles. The van der Waals surface area contributed by atoms with E-state index >= 15 is 0 Å². The Morgan fingerprint density at radius 1 is 1.21 bits per heavy atom. The average Bonchev–Trinajstić information content (AvgIpc) is 2.35. The van der Waals surface area contributed by atoms with Crippen LogP contribution < -0.4 is 10.5 Å². The predicted molar refractivity (Wildman–Crippen MR) is 75.8 cm³/mol. The number of likely N-dealkylation sites (N-methyl/N-ethyl adjacent to an activating group) is 2. The maximum absolute atomic E-state index is 12.4. The molecule has 0 aliphatic carbocycles. The molecule has 0 aromatic heterocycles. The molecule has 1 aromatic rings. The summed E-state index contributed by atoms with van der Waals surface area (Å²) >= 11 is 0. The number of sulfonamides is 1. The Kier molecular flexibility index (Phi) is 5.16. The average molecular weight is 287 g/mol. The number of methoxy groups -OCH3 is 1. The molecule has 0 spiro atoms. The lowest BCUT2D eigenvalue weighted by atomic mass is 10.3. The number of rotatable bonds is 6. The van der Waals surface area contributed by atoms with E-state index in [4.69, 9.17) is 10.5 Å². The van der Waals surface area contributed by atoms with Crippen molar-refractivity contribution in [3.8, 4) is 5.75 Å². The van der Waals surface area contributed by atoms with E-state index in [1.54, 1.807) is 13.1 Å². The highest BCUT2D eigenvalue weighted by molar-refractivity contribution is 7.89. The molecule has 0 aliphatic heterocycles. The zero-order chi connectivity index (χ0) is 14.6. The van der Waals surface area contributed by atoms with E-state index in [-0.39, 0.29) is 10.6 Å². The minimum atomic E-state index is -3.57. The molecule has 0 fully saturated rings. The molecule has 6 nitrogen and oxygen atoms in total. The van der Waals surface area contributed by atoms with Crippen LogP contribution in [0, 0.1) is 0 Å². The van der Waals surface area contributed by atoms with E-state index in [2.05, 4.69) is 0 Å². The third kappa shape index (κ3) is 3.82. The van der Waals surface area contributed by atoms with Crippen LogP contribution in [0.5, 0.6) is 5.75 Å². The lowest BCUT2D eigenvalue weighted by molar-refractivity contribution is 0.356. The second-order valence-electron chi connectivity index (χ2n) is 4.54. The molecular formula is C12H21N3O3S. The first-order chi connectivity index (χ1) is 8.78. The monoisotopic (exact) mass is 287 g/mol. The van der Waals surface area contributed by atoms with Gasteiger partial charge in [-0.1, -0.05) is 0 Å². The number of ether oxygens (including phenoxy) is 1. The van der Waals surface area contributed by atoms with Crippen LogP contribution in [-0.4, -0.2) is 59.0 Å². The molecule has 0 atom stereocenters. The van der Waals surface area contributed by atoms with Crippen molar-refractivity contribution in [3.05, 3.63) is 18.2 Å². The fourth-order valence-corrected chi connectivity index (χ4v) is 2.82. The highest BCUT2D eigenvalue weighted by atomic mass is 32.2. The van der Waals surface area contributed by atoms with Gasteiger partial charge in [0.25, 0.3) is 0 Å². The fourth-order valence-electron chi connectivity index (χ4n) is 1.53. The van der Waals surface area contributed by atoms with Gasteiger partial charge in [-0.15, -0.1) is 0 Å². The summed E-state index contributed by atoms with van der Waals surface area (Å²) in [4.78, 5) is 2.05. The maximum atomic E-state index is 12.4. The molecule has 0 saturated heterocycles. The molecule has 19 heavy (non-hydrogen) atoms. The lowest BCUT2D eigenvalue weighted by Crippen LogP contribution is -2.33. The summed E-state index contributed by atoms with van der Waals surface area (Å²) in [7, 11) is 3.19. The number of benzene rings is 1. The molecule has 0 saturated carbocycles. The largest absolute Gasteiger partial charge is 0.495 e. The minimum Gasteiger partial charge on any atom is -0.495 e. The second-order valence-corrected chi connectivity index (χ2v) is 6.55. The molecule has 108 valence electrons. The SMILES string of the molecule is COc1cc(N)ccc1S(=O)(=O)N(C)CCN(C)C. The second kappa shape index (κ2) is 6.23. The Labute approximate surface area is 114 Å². The van der Waals surface area contributed by atoms with E-state index in [9.17, 15) is 8.42 Å². The first kappa shape index (κ1) is 15.7. The summed E-state index contributed by atoms with van der Waals surface area (Å²) in [6.45, 7) is 1.05. The molecule has 0 bridgehead atoms. The van der Waals surface area contributed by atoms with Gasteiger partial charge in [-0.25, -0.2) is 8.42 Å². The van der Waals surface area contributed by atoms with Gasteiger partial charge in [-0.05, 0) is 26.2 Å². The predicted octanol–water partition coefficient (Wildman–Crippen LogP) is 0.460. The Morgan fingerprint density at radius 2 is 1.84 bits per heavy atom. The first-order valence-corrected chi connectivity index (χ1v) is 7.27. The number of nitrogens with zero attached hydrogens (tertiary/aromatic N) is 2. The van der Waals surface area contributed by atoms with Crippen molar-refractivity contribution in [1.82, 2.24) is 9.21 Å². The third-order valence-corrected chi connectivity index (χ3v) is 4.63. The van der Waals surface area contributed by atoms with Gasteiger partial charge in [-0.2, -0.15) is 4.31 Å². The summed E-state index contributed by atoms with van der Waals surface area (Å²) in [5.41, 5.74) is 6.09.